The summed E-state index contributed by atoms with van der Waals surface area (Å²) in [5, 5.41) is 3.66. The first-order chi connectivity index (χ1) is 19.7. The number of hydrogen-bond donors (Lipinski definition) is 0. The van der Waals surface area contributed by atoms with E-state index in [1.807, 2.05) is 10.6 Å². The van der Waals surface area contributed by atoms with E-state index in [4.69, 9.17) is 25.9 Å². The second-order valence-corrected chi connectivity index (χ2v) is 20.5. The second kappa shape index (κ2) is 20.2. The molecule has 8 nitrogen and oxygen atoms in total. The van der Waals surface area contributed by atoms with Gasteiger partial charge < -0.3 is 20.1 Å². The molecule has 0 radical (unpaired) electrons. The van der Waals surface area contributed by atoms with Crippen LogP contribution >= 0.6 is 15.8 Å². The molecule has 1 aromatic rings. The number of halogens is 6. The third-order valence-electron chi connectivity index (χ3n) is 8.03. The summed E-state index contributed by atoms with van der Waals surface area (Å²) < 4.78 is 118. The molecule has 0 unspecified atom stereocenters. The minimum absolute atomic E-state index is 0. The van der Waals surface area contributed by atoms with Gasteiger partial charge in [-0.15, -0.1) is 0 Å². The molecule has 2 aliphatic rings. The van der Waals surface area contributed by atoms with Gasteiger partial charge in [-0.1, -0.05) is 95.5 Å². The van der Waals surface area contributed by atoms with Crippen molar-refractivity contribution in [3.8, 4) is 0 Å². The first-order valence-electron chi connectivity index (χ1n) is 14.4. The third-order valence-corrected chi connectivity index (χ3v) is 17.5. The molecular formula is C28H48F6O8P2PdS2. The van der Waals surface area contributed by atoms with E-state index in [1.165, 1.54) is 25.7 Å². The second-order valence-electron chi connectivity index (χ2n) is 12.5. The summed E-state index contributed by atoms with van der Waals surface area (Å²) in [5.41, 5.74) is -7.58. The maximum absolute atomic E-state index is 10.7. The van der Waals surface area contributed by atoms with Crippen LogP contribution in [0.4, 0.5) is 26.3 Å². The predicted molar refractivity (Wildman–Crippen MR) is 171 cm³/mol. The molecule has 2 aliphatic heterocycles. The molecule has 2 fully saturated rings. The van der Waals surface area contributed by atoms with Crippen LogP contribution in [0.2, 0.25) is 0 Å². The molecular weight excluding hydrogens is 811 g/mol. The van der Waals surface area contributed by atoms with E-state index in [0.29, 0.717) is 0 Å². The minimum atomic E-state index is -6.09. The number of benzene rings is 1. The Morgan fingerprint density at radius 2 is 0.745 bits per heavy atom. The van der Waals surface area contributed by atoms with Crippen molar-refractivity contribution in [1.29, 1.82) is 0 Å². The molecule has 3 rings (SSSR count). The van der Waals surface area contributed by atoms with Crippen LogP contribution < -0.4 is 10.6 Å². The van der Waals surface area contributed by atoms with Gasteiger partial charge in [-0.2, -0.15) is 26.3 Å². The zero-order valence-corrected chi connectivity index (χ0v) is 32.5. The van der Waals surface area contributed by atoms with Gasteiger partial charge in [-0.05, 0) is 82.6 Å². The molecule has 0 saturated carbocycles. The molecule has 0 amide bonds. The average Bonchev–Trinajstić information content (AvgIpc) is 3.48. The molecule has 0 aromatic heterocycles. The normalized spacial score (nSPS) is 22.6. The van der Waals surface area contributed by atoms with Crippen LogP contribution in [0.25, 0.3) is 0 Å². The Balaban J connectivity index is -0.000000853. The van der Waals surface area contributed by atoms with Gasteiger partial charge in [0.1, 0.15) is 0 Å². The van der Waals surface area contributed by atoms with E-state index in [9.17, 15) is 26.3 Å². The zero-order valence-electron chi connectivity index (χ0n) is 27.5. The van der Waals surface area contributed by atoms with Crippen molar-refractivity contribution in [2.75, 3.05) is 0 Å². The fourth-order valence-corrected chi connectivity index (χ4v) is 14.5. The summed E-state index contributed by atoms with van der Waals surface area (Å²) in [5.74, 6) is 3.28. The smallest absolute Gasteiger partial charge is 0.741 e. The Kier molecular flexibility index (Phi) is 22.1. The first-order valence-corrected chi connectivity index (χ1v) is 20.2. The molecule has 0 bridgehead atoms. The van der Waals surface area contributed by atoms with Gasteiger partial charge >= 0.3 is 31.4 Å². The van der Waals surface area contributed by atoms with Crippen LogP contribution in [0.3, 0.4) is 0 Å². The van der Waals surface area contributed by atoms with E-state index in [-0.39, 0.29) is 47.2 Å². The molecule has 282 valence electrons. The summed E-state index contributed by atoms with van der Waals surface area (Å²) >= 11 is 0. The van der Waals surface area contributed by atoms with Crippen LogP contribution in [0.1, 0.15) is 81.1 Å². The summed E-state index contributed by atoms with van der Waals surface area (Å²) in [7, 11) is -12.3. The SMILES string of the molecule is CC(C)[C@@H]1CC[C@@H](C(C)C)P1c1ccccc1P1[C@H](C(C)C)CC[C@H]1C(C)C.O.O.O=S(=O)([O-])C(F)(F)F.O=S(=O)([O-])C(F)(F)F.[Pd+2]. The molecule has 4 atom stereocenters. The van der Waals surface area contributed by atoms with E-state index in [2.05, 4.69) is 79.7 Å². The van der Waals surface area contributed by atoms with Crippen molar-refractivity contribution in [1.82, 2.24) is 0 Å². The first kappa shape index (κ1) is 51.4. The Hall–Kier alpha value is 0.0623. The monoisotopic (exact) mass is 858 g/mol. The van der Waals surface area contributed by atoms with Crippen molar-refractivity contribution >= 4 is 46.7 Å². The largest absolute Gasteiger partial charge is 2.00 e. The molecule has 2 saturated heterocycles. The van der Waals surface area contributed by atoms with Crippen LogP contribution in [0, 0.1) is 23.7 Å². The fraction of sp³-hybridized carbons (Fsp3) is 0.786. The Labute approximate surface area is 291 Å². The van der Waals surface area contributed by atoms with E-state index >= 15 is 0 Å². The van der Waals surface area contributed by atoms with Crippen molar-refractivity contribution in [2.24, 2.45) is 23.7 Å². The maximum Gasteiger partial charge on any atom is 2.00 e. The van der Waals surface area contributed by atoms with Crippen LogP contribution in [-0.4, -0.2) is 70.5 Å². The van der Waals surface area contributed by atoms with Crippen LogP contribution in [0.5, 0.6) is 0 Å². The standard InChI is InChI=1S/C26H44P2.2CHF3O3S.2H2O.Pd/c1-17(2)21-13-14-22(18(3)4)27(21)25-11-9-10-12-26(25)28-23(19(5)6)15-16-24(28)20(7)8;2*2-1(3,4)8(5,6)7;;;/h9-12,17-24H,13-16H2,1-8H3;2*(H,5,6,7);2*1H2;/q;;;;;+2/p-2/t21-,22-,23-,24-;;;;;/m0...../s1. The Morgan fingerprint density at radius 1 is 0.574 bits per heavy atom. The van der Waals surface area contributed by atoms with E-state index in [1.54, 1.807) is 0 Å². The van der Waals surface area contributed by atoms with Crippen LogP contribution in [0.15, 0.2) is 24.3 Å². The summed E-state index contributed by atoms with van der Waals surface area (Å²) in [6.07, 6.45) is 5.83. The van der Waals surface area contributed by atoms with Gasteiger partial charge in [0.25, 0.3) is 0 Å². The molecule has 2 heterocycles. The van der Waals surface area contributed by atoms with Gasteiger partial charge in [-0.25, -0.2) is 16.8 Å². The van der Waals surface area contributed by atoms with Gasteiger partial charge in [-0.3, -0.25) is 0 Å². The van der Waals surface area contributed by atoms with Gasteiger partial charge in [0.2, 0.25) is 0 Å². The summed E-state index contributed by atoms with van der Waals surface area (Å²) in [6.45, 7) is 19.9. The minimum Gasteiger partial charge on any atom is -0.741 e. The maximum atomic E-state index is 10.7. The number of hydrogen-bond acceptors (Lipinski definition) is 6. The van der Waals surface area contributed by atoms with Crippen molar-refractivity contribution in [2.45, 2.75) is 115 Å². The molecule has 1 aromatic carbocycles. The van der Waals surface area contributed by atoms with Crippen molar-refractivity contribution in [3.63, 3.8) is 0 Å². The van der Waals surface area contributed by atoms with Crippen molar-refractivity contribution in [3.05, 3.63) is 24.3 Å². The third kappa shape index (κ3) is 14.3. The Bertz CT molecular complexity index is 1150. The van der Waals surface area contributed by atoms with Crippen molar-refractivity contribution < 1.29 is 83.7 Å². The molecule has 47 heavy (non-hydrogen) atoms. The zero-order chi connectivity index (χ0) is 34.6. The van der Waals surface area contributed by atoms with Gasteiger partial charge in [0.15, 0.2) is 20.2 Å². The van der Waals surface area contributed by atoms with Gasteiger partial charge in [0.05, 0.1) is 0 Å². The molecule has 0 spiro atoms. The van der Waals surface area contributed by atoms with Crippen LogP contribution in [-0.2, 0) is 40.7 Å². The average molecular weight is 859 g/mol. The Morgan fingerprint density at radius 3 is 0.872 bits per heavy atom. The number of rotatable bonds is 6. The summed E-state index contributed by atoms with van der Waals surface area (Å²) in [4.78, 5) is 0. The fourth-order valence-electron chi connectivity index (χ4n) is 5.96. The van der Waals surface area contributed by atoms with E-state index in [0.717, 1.165) is 46.3 Å². The molecule has 4 N–H and O–H groups in total. The number of alkyl halides is 6. The molecule has 0 aliphatic carbocycles. The van der Waals surface area contributed by atoms with E-state index < -0.39 is 31.3 Å². The summed E-state index contributed by atoms with van der Waals surface area (Å²) in [6, 6.07) is 9.86. The quantitative estimate of drug-likeness (QED) is 0.111. The topological polar surface area (TPSA) is 177 Å². The molecule has 19 heteroatoms. The predicted octanol–water partition coefficient (Wildman–Crippen LogP) is 6.04. The van der Waals surface area contributed by atoms with Gasteiger partial charge in [0, 0.05) is 0 Å².